The maximum atomic E-state index is 12.0. The van der Waals surface area contributed by atoms with Crippen LogP contribution in [0.2, 0.25) is 0 Å². The Morgan fingerprint density at radius 3 is 2.23 bits per heavy atom. The molecule has 0 fully saturated rings. The second kappa shape index (κ2) is 10.0. The first-order valence-electron chi connectivity index (χ1n) is 7.75. The topological polar surface area (TPSA) is 85.8 Å². The molecule has 0 bridgehead atoms. The fraction of sp³-hybridized carbons (Fsp3) is 0.800. The summed E-state index contributed by atoms with van der Waals surface area (Å²) in [5.41, 5.74) is -0.559. The van der Waals surface area contributed by atoms with E-state index in [4.69, 9.17) is 0 Å². The zero-order chi connectivity index (χ0) is 17.2. The Morgan fingerprint density at radius 1 is 1.09 bits per heavy atom. The molecule has 7 nitrogen and oxygen atoms in total. The molecule has 7 heteroatoms. The number of nitrogens with one attached hydrogen (secondary N) is 3. The van der Waals surface area contributed by atoms with Gasteiger partial charge in [0.1, 0.15) is 6.54 Å². The highest BCUT2D eigenvalue weighted by atomic mass is 16.2. The molecule has 0 aromatic carbocycles. The summed E-state index contributed by atoms with van der Waals surface area (Å²) in [6.07, 6.45) is 0.946. The van der Waals surface area contributed by atoms with Crippen LogP contribution in [0.4, 0.5) is 0 Å². The maximum Gasteiger partial charge on any atom is 0.243 e. The molecule has 0 spiro atoms. The highest BCUT2D eigenvalue weighted by Gasteiger charge is 2.27. The van der Waals surface area contributed by atoms with Gasteiger partial charge in [-0.25, -0.2) is 4.99 Å². The van der Waals surface area contributed by atoms with Gasteiger partial charge in [-0.05, 0) is 27.2 Å². The molecule has 0 aromatic rings. The lowest BCUT2D eigenvalue weighted by atomic mass is 9.92. The molecule has 0 aromatic heterocycles. The van der Waals surface area contributed by atoms with Gasteiger partial charge in [0.05, 0.1) is 5.41 Å². The molecular formula is C15H31N5O2. The summed E-state index contributed by atoms with van der Waals surface area (Å²) in [6.45, 7) is 9.55. The van der Waals surface area contributed by atoms with Gasteiger partial charge in [-0.1, -0.05) is 6.92 Å². The standard InChI is InChI=1S/C15H31N5O2/c1-7-9-17-14(18-10-12(21)20(5)6)19-11-15(3,4)13(22)16-8-2/h7-11H2,1-6H3,(H,16,22)(H2,17,18,19). The average Bonchev–Trinajstić information content (AvgIpc) is 2.46. The Morgan fingerprint density at radius 2 is 1.73 bits per heavy atom. The van der Waals surface area contributed by atoms with Crippen LogP contribution in [0.5, 0.6) is 0 Å². The zero-order valence-electron chi connectivity index (χ0n) is 14.7. The van der Waals surface area contributed by atoms with Gasteiger partial charge in [-0.3, -0.25) is 9.59 Å². The van der Waals surface area contributed by atoms with E-state index in [2.05, 4.69) is 20.9 Å². The Labute approximate surface area is 133 Å². The molecule has 0 unspecified atom stereocenters. The van der Waals surface area contributed by atoms with Crippen molar-refractivity contribution in [3.63, 3.8) is 0 Å². The Balaban J connectivity index is 4.68. The molecule has 0 aliphatic carbocycles. The van der Waals surface area contributed by atoms with E-state index in [1.807, 2.05) is 27.7 Å². The monoisotopic (exact) mass is 313 g/mol. The molecule has 3 N–H and O–H groups in total. The van der Waals surface area contributed by atoms with E-state index in [0.29, 0.717) is 19.0 Å². The number of hydrogen-bond acceptors (Lipinski definition) is 3. The predicted octanol–water partition coefficient (Wildman–Crippen LogP) is 0.182. The molecule has 2 amide bonds. The van der Waals surface area contributed by atoms with Crippen LogP contribution >= 0.6 is 0 Å². The van der Waals surface area contributed by atoms with Crippen molar-refractivity contribution in [2.45, 2.75) is 34.1 Å². The van der Waals surface area contributed by atoms with Gasteiger partial charge in [0, 0.05) is 33.7 Å². The van der Waals surface area contributed by atoms with E-state index in [0.717, 1.165) is 13.0 Å². The van der Waals surface area contributed by atoms with E-state index in [1.165, 1.54) is 4.90 Å². The summed E-state index contributed by atoms with van der Waals surface area (Å²) in [5, 5.41) is 9.10. The van der Waals surface area contributed by atoms with Crippen molar-refractivity contribution in [2.75, 3.05) is 40.3 Å². The number of nitrogens with zero attached hydrogens (tertiary/aromatic N) is 2. The zero-order valence-corrected chi connectivity index (χ0v) is 14.7. The minimum atomic E-state index is -0.559. The largest absolute Gasteiger partial charge is 0.356 e. The van der Waals surface area contributed by atoms with Crippen molar-refractivity contribution in [1.29, 1.82) is 0 Å². The number of likely N-dealkylation sites (N-methyl/N-ethyl adjacent to an activating group) is 1. The normalized spacial score (nSPS) is 11.8. The Hall–Kier alpha value is -1.79. The first kappa shape index (κ1) is 20.2. The first-order valence-corrected chi connectivity index (χ1v) is 7.75. The molecule has 0 radical (unpaired) electrons. The van der Waals surface area contributed by atoms with E-state index < -0.39 is 5.41 Å². The van der Waals surface area contributed by atoms with Crippen LogP contribution in [0.15, 0.2) is 4.99 Å². The Bertz CT molecular complexity index is 391. The number of amides is 2. The van der Waals surface area contributed by atoms with Crippen LogP contribution < -0.4 is 16.0 Å². The average molecular weight is 313 g/mol. The summed E-state index contributed by atoms with van der Waals surface area (Å²) in [6, 6.07) is 0. The molecule has 0 aliphatic rings. The third-order valence-corrected chi connectivity index (χ3v) is 3.06. The minimum Gasteiger partial charge on any atom is -0.356 e. The lowest BCUT2D eigenvalue weighted by Crippen LogP contribution is -2.48. The number of carbonyl (C=O) groups is 2. The second-order valence-electron chi connectivity index (χ2n) is 5.98. The number of guanidine groups is 1. The van der Waals surface area contributed by atoms with E-state index in [-0.39, 0.29) is 18.4 Å². The summed E-state index contributed by atoms with van der Waals surface area (Å²) >= 11 is 0. The van der Waals surface area contributed by atoms with Crippen LogP contribution in [-0.2, 0) is 9.59 Å². The minimum absolute atomic E-state index is 0.0123. The second-order valence-corrected chi connectivity index (χ2v) is 5.98. The smallest absolute Gasteiger partial charge is 0.243 e. The number of aliphatic imine (C=N–C) groups is 1. The molecule has 0 aliphatic heterocycles. The van der Waals surface area contributed by atoms with E-state index in [9.17, 15) is 9.59 Å². The van der Waals surface area contributed by atoms with Crippen molar-refractivity contribution >= 4 is 17.8 Å². The molecule has 0 heterocycles. The number of hydrogen-bond donors (Lipinski definition) is 3. The van der Waals surface area contributed by atoms with Crippen LogP contribution in [0.1, 0.15) is 34.1 Å². The Kier molecular flexibility index (Phi) is 9.21. The highest BCUT2D eigenvalue weighted by Crippen LogP contribution is 2.13. The molecule has 0 atom stereocenters. The van der Waals surface area contributed by atoms with Crippen molar-refractivity contribution in [3.05, 3.63) is 0 Å². The SMILES string of the molecule is CCCNC(=NCC(=O)N(C)C)NCC(C)(C)C(=O)NCC. The summed E-state index contributed by atoms with van der Waals surface area (Å²) in [5.74, 6) is 0.469. The fourth-order valence-electron chi connectivity index (χ4n) is 1.49. The predicted molar refractivity (Wildman–Crippen MR) is 89.8 cm³/mol. The van der Waals surface area contributed by atoms with Crippen LogP contribution in [0.25, 0.3) is 0 Å². The summed E-state index contributed by atoms with van der Waals surface area (Å²) in [4.78, 5) is 29.4. The summed E-state index contributed by atoms with van der Waals surface area (Å²) in [7, 11) is 3.39. The van der Waals surface area contributed by atoms with Gasteiger partial charge in [-0.15, -0.1) is 0 Å². The highest BCUT2D eigenvalue weighted by molar-refractivity contribution is 5.86. The van der Waals surface area contributed by atoms with Gasteiger partial charge in [0.25, 0.3) is 0 Å². The molecule has 0 saturated heterocycles. The van der Waals surface area contributed by atoms with Crippen molar-refractivity contribution in [3.8, 4) is 0 Å². The third-order valence-electron chi connectivity index (χ3n) is 3.06. The van der Waals surface area contributed by atoms with Gasteiger partial charge >= 0.3 is 0 Å². The van der Waals surface area contributed by atoms with Gasteiger partial charge in [-0.2, -0.15) is 0 Å². The van der Waals surface area contributed by atoms with Gasteiger partial charge in [0.15, 0.2) is 5.96 Å². The molecule has 128 valence electrons. The molecule has 22 heavy (non-hydrogen) atoms. The maximum absolute atomic E-state index is 12.0. The van der Waals surface area contributed by atoms with Crippen LogP contribution in [0, 0.1) is 5.41 Å². The molecular weight excluding hydrogens is 282 g/mol. The lowest BCUT2D eigenvalue weighted by molar-refractivity contribution is -0.129. The van der Waals surface area contributed by atoms with E-state index >= 15 is 0 Å². The quantitative estimate of drug-likeness (QED) is 0.441. The van der Waals surface area contributed by atoms with Crippen molar-refractivity contribution in [1.82, 2.24) is 20.9 Å². The number of carbonyl (C=O) groups excluding carboxylic acids is 2. The first-order chi connectivity index (χ1) is 10.2. The number of rotatable bonds is 8. The lowest BCUT2D eigenvalue weighted by Gasteiger charge is -2.25. The third kappa shape index (κ3) is 7.85. The van der Waals surface area contributed by atoms with Crippen molar-refractivity contribution < 1.29 is 9.59 Å². The van der Waals surface area contributed by atoms with E-state index in [1.54, 1.807) is 14.1 Å². The fourth-order valence-corrected chi connectivity index (χ4v) is 1.49. The van der Waals surface area contributed by atoms with Crippen molar-refractivity contribution in [2.24, 2.45) is 10.4 Å². The van der Waals surface area contributed by atoms with Gasteiger partial charge < -0.3 is 20.9 Å². The van der Waals surface area contributed by atoms with Gasteiger partial charge in [0.2, 0.25) is 11.8 Å². The van der Waals surface area contributed by atoms with Crippen LogP contribution in [-0.4, -0.2) is 62.9 Å². The molecule has 0 rings (SSSR count). The summed E-state index contributed by atoms with van der Waals surface area (Å²) < 4.78 is 0. The molecule has 0 saturated carbocycles. The van der Waals surface area contributed by atoms with Crippen LogP contribution in [0.3, 0.4) is 0 Å².